The minimum Gasteiger partial charge on any atom is -0.211 e. The SMILES string of the molecule is O=C=NC(Cc1ccccc1)C(F)F. The maximum absolute atomic E-state index is 12.3. The molecule has 0 radical (unpaired) electrons. The van der Waals surface area contributed by atoms with Gasteiger partial charge in [0.1, 0.15) is 6.04 Å². The summed E-state index contributed by atoms with van der Waals surface area (Å²) in [7, 11) is 0. The molecule has 0 amide bonds. The highest BCUT2D eigenvalue weighted by Gasteiger charge is 2.19. The lowest BCUT2D eigenvalue weighted by molar-refractivity contribution is 0.117. The number of nitrogens with zero attached hydrogens (tertiary/aromatic N) is 1. The van der Waals surface area contributed by atoms with E-state index in [0.717, 1.165) is 11.6 Å². The monoisotopic (exact) mass is 197 g/mol. The Morgan fingerprint density at radius 3 is 2.43 bits per heavy atom. The summed E-state index contributed by atoms with van der Waals surface area (Å²) in [5, 5.41) is 0. The van der Waals surface area contributed by atoms with Gasteiger partial charge in [-0.3, -0.25) is 0 Å². The van der Waals surface area contributed by atoms with Crippen molar-refractivity contribution in [2.75, 3.05) is 0 Å². The second-order valence-electron chi connectivity index (χ2n) is 2.81. The van der Waals surface area contributed by atoms with Crippen molar-refractivity contribution in [3.8, 4) is 0 Å². The molecular formula is C10H9F2NO. The van der Waals surface area contributed by atoms with Crippen molar-refractivity contribution in [2.24, 2.45) is 4.99 Å². The van der Waals surface area contributed by atoms with Crippen molar-refractivity contribution < 1.29 is 13.6 Å². The minimum absolute atomic E-state index is 0.0632. The molecule has 0 aromatic heterocycles. The van der Waals surface area contributed by atoms with Crippen LogP contribution in [0.4, 0.5) is 8.78 Å². The van der Waals surface area contributed by atoms with Gasteiger partial charge in [0, 0.05) is 6.42 Å². The molecule has 0 aliphatic carbocycles. The Labute approximate surface area is 80.3 Å². The molecule has 1 rings (SSSR count). The average molecular weight is 197 g/mol. The van der Waals surface area contributed by atoms with Gasteiger partial charge in [0.15, 0.2) is 0 Å². The number of aliphatic imine (C=N–C) groups is 1. The Bertz CT molecular complexity index is 320. The van der Waals surface area contributed by atoms with E-state index < -0.39 is 12.5 Å². The molecular weight excluding hydrogens is 188 g/mol. The standard InChI is InChI=1S/C10H9F2NO/c11-10(12)9(13-7-14)6-8-4-2-1-3-5-8/h1-5,9-10H,6H2. The van der Waals surface area contributed by atoms with E-state index in [1.54, 1.807) is 30.3 Å². The molecule has 0 saturated carbocycles. The minimum atomic E-state index is -2.63. The van der Waals surface area contributed by atoms with Crippen molar-refractivity contribution in [3.63, 3.8) is 0 Å². The number of alkyl halides is 2. The summed E-state index contributed by atoms with van der Waals surface area (Å²) in [5.74, 6) is 0. The van der Waals surface area contributed by atoms with Crippen LogP contribution in [0.2, 0.25) is 0 Å². The number of hydrogen-bond donors (Lipinski definition) is 0. The van der Waals surface area contributed by atoms with Gasteiger partial charge in [0.2, 0.25) is 6.08 Å². The second kappa shape index (κ2) is 5.25. The molecule has 0 N–H and O–H groups in total. The summed E-state index contributed by atoms with van der Waals surface area (Å²) < 4.78 is 24.6. The molecule has 0 bridgehead atoms. The van der Waals surface area contributed by atoms with E-state index in [1.165, 1.54) is 0 Å². The van der Waals surface area contributed by atoms with Gasteiger partial charge in [-0.2, -0.15) is 4.99 Å². The van der Waals surface area contributed by atoms with E-state index in [-0.39, 0.29) is 6.42 Å². The molecule has 2 nitrogen and oxygen atoms in total. The third-order valence-electron chi connectivity index (χ3n) is 1.80. The first-order chi connectivity index (χ1) is 6.74. The smallest absolute Gasteiger partial charge is 0.211 e. The highest BCUT2D eigenvalue weighted by Crippen LogP contribution is 2.12. The van der Waals surface area contributed by atoms with Crippen LogP contribution in [0.1, 0.15) is 5.56 Å². The molecule has 4 heteroatoms. The van der Waals surface area contributed by atoms with Gasteiger partial charge >= 0.3 is 0 Å². The molecule has 14 heavy (non-hydrogen) atoms. The van der Waals surface area contributed by atoms with E-state index in [2.05, 4.69) is 4.99 Å². The van der Waals surface area contributed by atoms with Crippen molar-refractivity contribution in [1.82, 2.24) is 0 Å². The lowest BCUT2D eigenvalue weighted by Gasteiger charge is -2.08. The van der Waals surface area contributed by atoms with Crippen LogP contribution in [0.15, 0.2) is 35.3 Å². The van der Waals surface area contributed by atoms with Gasteiger partial charge in [-0.1, -0.05) is 30.3 Å². The van der Waals surface area contributed by atoms with Gasteiger partial charge in [-0.25, -0.2) is 13.6 Å². The topological polar surface area (TPSA) is 29.4 Å². The molecule has 0 aliphatic rings. The number of carbonyl (C=O) groups excluding carboxylic acids is 1. The number of benzene rings is 1. The zero-order valence-electron chi connectivity index (χ0n) is 7.36. The second-order valence-corrected chi connectivity index (χ2v) is 2.81. The van der Waals surface area contributed by atoms with Crippen LogP contribution in [0.5, 0.6) is 0 Å². The Hall–Kier alpha value is -1.54. The van der Waals surface area contributed by atoms with Crippen molar-refractivity contribution in [2.45, 2.75) is 18.9 Å². The van der Waals surface area contributed by atoms with Crippen LogP contribution in [-0.4, -0.2) is 18.5 Å². The van der Waals surface area contributed by atoms with Crippen LogP contribution in [0, 0.1) is 0 Å². The fourth-order valence-corrected chi connectivity index (χ4v) is 1.11. The van der Waals surface area contributed by atoms with Crippen LogP contribution >= 0.6 is 0 Å². The molecule has 0 spiro atoms. The van der Waals surface area contributed by atoms with E-state index >= 15 is 0 Å². The largest absolute Gasteiger partial charge is 0.261 e. The summed E-state index contributed by atoms with van der Waals surface area (Å²) >= 11 is 0. The van der Waals surface area contributed by atoms with Gasteiger partial charge < -0.3 is 0 Å². The Balaban J connectivity index is 2.70. The molecule has 0 heterocycles. The maximum Gasteiger partial charge on any atom is 0.261 e. The highest BCUT2D eigenvalue weighted by molar-refractivity contribution is 5.34. The lowest BCUT2D eigenvalue weighted by Crippen LogP contribution is -2.18. The quantitative estimate of drug-likeness (QED) is 0.537. The number of isocyanates is 1. The zero-order valence-corrected chi connectivity index (χ0v) is 7.36. The van der Waals surface area contributed by atoms with Crippen LogP contribution in [0.3, 0.4) is 0 Å². The summed E-state index contributed by atoms with van der Waals surface area (Å²) in [6, 6.07) is 7.45. The fraction of sp³-hybridized carbons (Fsp3) is 0.300. The lowest BCUT2D eigenvalue weighted by atomic mass is 10.1. The van der Waals surface area contributed by atoms with Crippen LogP contribution in [-0.2, 0) is 11.2 Å². The first kappa shape index (κ1) is 10.5. The predicted octanol–water partition coefficient (Wildman–Crippen LogP) is 2.20. The molecule has 74 valence electrons. The highest BCUT2D eigenvalue weighted by atomic mass is 19.3. The molecule has 1 aromatic rings. The Morgan fingerprint density at radius 1 is 1.29 bits per heavy atom. The van der Waals surface area contributed by atoms with Gasteiger partial charge in [0.25, 0.3) is 6.43 Å². The van der Waals surface area contributed by atoms with Crippen molar-refractivity contribution >= 4 is 6.08 Å². The fourth-order valence-electron chi connectivity index (χ4n) is 1.11. The predicted molar refractivity (Wildman–Crippen MR) is 48.1 cm³/mol. The van der Waals surface area contributed by atoms with Gasteiger partial charge in [0.05, 0.1) is 0 Å². The van der Waals surface area contributed by atoms with Crippen LogP contribution in [0.25, 0.3) is 0 Å². The van der Waals surface area contributed by atoms with Crippen molar-refractivity contribution in [1.29, 1.82) is 0 Å². The number of halogens is 2. The van der Waals surface area contributed by atoms with E-state index in [0.29, 0.717) is 0 Å². The molecule has 0 fully saturated rings. The molecule has 1 aromatic carbocycles. The van der Waals surface area contributed by atoms with Gasteiger partial charge in [-0.15, -0.1) is 0 Å². The normalized spacial score (nSPS) is 12.2. The first-order valence-electron chi connectivity index (χ1n) is 4.13. The first-order valence-corrected chi connectivity index (χ1v) is 4.13. The summed E-state index contributed by atoms with van der Waals surface area (Å²) in [4.78, 5) is 12.9. The molecule has 1 unspecified atom stereocenters. The Morgan fingerprint density at radius 2 is 1.93 bits per heavy atom. The third-order valence-corrected chi connectivity index (χ3v) is 1.80. The average Bonchev–Trinajstić information content (AvgIpc) is 2.18. The third kappa shape index (κ3) is 3.07. The van der Waals surface area contributed by atoms with E-state index in [4.69, 9.17) is 0 Å². The summed E-state index contributed by atoms with van der Waals surface area (Å²) in [5.41, 5.74) is 0.733. The molecule has 0 saturated heterocycles. The summed E-state index contributed by atoms with van der Waals surface area (Å²) in [6.45, 7) is 0. The Kier molecular flexibility index (Phi) is 3.95. The maximum atomic E-state index is 12.3. The summed E-state index contributed by atoms with van der Waals surface area (Å²) in [6.07, 6.45) is -1.40. The van der Waals surface area contributed by atoms with Gasteiger partial charge in [-0.05, 0) is 5.56 Å². The zero-order chi connectivity index (χ0) is 10.4. The van der Waals surface area contributed by atoms with Crippen molar-refractivity contribution in [3.05, 3.63) is 35.9 Å². The molecule has 0 aliphatic heterocycles. The van der Waals surface area contributed by atoms with E-state index in [1.807, 2.05) is 0 Å². The van der Waals surface area contributed by atoms with Crippen LogP contribution < -0.4 is 0 Å². The number of hydrogen-bond acceptors (Lipinski definition) is 2. The molecule has 1 atom stereocenters. The van der Waals surface area contributed by atoms with E-state index in [9.17, 15) is 13.6 Å². The number of rotatable bonds is 4.